The Balaban J connectivity index is 1.68. The van der Waals surface area contributed by atoms with Gasteiger partial charge in [0.1, 0.15) is 18.0 Å². The molecule has 7 heteroatoms. The van der Waals surface area contributed by atoms with Crippen molar-refractivity contribution >= 4 is 38.9 Å². The molecule has 4 heterocycles. The van der Waals surface area contributed by atoms with Crippen LogP contribution >= 0.6 is 15.9 Å². The lowest BCUT2D eigenvalue weighted by Crippen LogP contribution is -2.31. The van der Waals surface area contributed by atoms with Crippen LogP contribution in [-0.4, -0.2) is 28.9 Å². The van der Waals surface area contributed by atoms with Gasteiger partial charge in [-0.2, -0.15) is 4.98 Å². The van der Waals surface area contributed by atoms with Gasteiger partial charge in [-0.1, -0.05) is 0 Å². The van der Waals surface area contributed by atoms with E-state index in [0.717, 1.165) is 51.1 Å². The number of nitrogens with zero attached hydrogens (tertiary/aromatic N) is 3. The first-order valence-electron chi connectivity index (χ1n) is 8.04. The lowest BCUT2D eigenvalue weighted by molar-refractivity contribution is 0.279. The topological polar surface area (TPSA) is 76.9 Å². The number of aliphatic imine (C=N–C) groups is 1. The maximum absolute atomic E-state index is 5.71. The predicted octanol–water partition coefficient (Wildman–Crippen LogP) is 3.59. The van der Waals surface area contributed by atoms with E-state index in [9.17, 15) is 0 Å². The van der Waals surface area contributed by atoms with Crippen LogP contribution in [0.5, 0.6) is 0 Å². The van der Waals surface area contributed by atoms with Crippen LogP contribution in [0.3, 0.4) is 0 Å². The second-order valence-corrected chi connectivity index (χ2v) is 7.17. The van der Waals surface area contributed by atoms with E-state index < -0.39 is 0 Å². The van der Waals surface area contributed by atoms with Gasteiger partial charge in [-0.25, -0.2) is 4.99 Å². The molecule has 3 aliphatic heterocycles. The number of aryl methyl sites for hydroxylation is 1. The molecule has 1 aromatic carbocycles. The molecule has 2 N–H and O–H groups in total. The highest BCUT2D eigenvalue weighted by Crippen LogP contribution is 2.40. The average molecular weight is 399 g/mol. The number of aromatic nitrogens is 1. The molecule has 3 aliphatic rings. The number of allylic oxidation sites excluding steroid dienone is 1. The molecule has 0 aliphatic carbocycles. The summed E-state index contributed by atoms with van der Waals surface area (Å²) in [6.45, 7) is 3.50. The van der Waals surface area contributed by atoms with Crippen molar-refractivity contribution in [2.45, 2.75) is 13.3 Å². The van der Waals surface area contributed by atoms with Crippen LogP contribution in [0.4, 0.5) is 6.01 Å². The summed E-state index contributed by atoms with van der Waals surface area (Å²) in [5.74, 6) is 0.919. The summed E-state index contributed by atoms with van der Waals surface area (Å²) in [6.07, 6.45) is 4.62. The Bertz CT molecular complexity index is 1040. The number of fused-ring (bicyclic) bond motifs is 1. The van der Waals surface area contributed by atoms with Crippen molar-refractivity contribution < 1.29 is 9.15 Å². The highest BCUT2D eigenvalue weighted by atomic mass is 79.9. The molecule has 2 aromatic rings. The summed E-state index contributed by atoms with van der Waals surface area (Å²) in [4.78, 5) is 11.3. The summed E-state index contributed by atoms with van der Waals surface area (Å²) in [5, 5.41) is 0. The van der Waals surface area contributed by atoms with Crippen LogP contribution in [0.1, 0.15) is 17.5 Å². The number of hydrogen-bond donors (Lipinski definition) is 1. The van der Waals surface area contributed by atoms with Crippen LogP contribution in [-0.2, 0) is 4.74 Å². The van der Waals surface area contributed by atoms with Gasteiger partial charge >= 0.3 is 0 Å². The molecule has 126 valence electrons. The molecule has 0 amide bonds. The third kappa shape index (κ3) is 2.15. The molecule has 0 fully saturated rings. The number of nitrogens with two attached hydrogens (primary N) is 1. The Morgan fingerprint density at radius 2 is 2.20 bits per heavy atom. The molecular weight excluding hydrogens is 384 g/mol. The molecule has 0 spiro atoms. The van der Waals surface area contributed by atoms with Gasteiger partial charge in [-0.15, -0.1) is 0 Å². The number of benzene rings is 1. The van der Waals surface area contributed by atoms with Crippen LogP contribution in [0.15, 0.2) is 55.3 Å². The number of halogens is 1. The minimum absolute atomic E-state index is 0.184. The molecule has 1 aromatic heterocycles. The van der Waals surface area contributed by atoms with Crippen molar-refractivity contribution in [3.8, 4) is 0 Å². The quantitative estimate of drug-likeness (QED) is 0.793. The first-order chi connectivity index (χ1) is 12.1. The van der Waals surface area contributed by atoms with Gasteiger partial charge in [0.15, 0.2) is 5.58 Å². The zero-order valence-electron chi connectivity index (χ0n) is 13.5. The third-order valence-electron chi connectivity index (χ3n) is 4.72. The summed E-state index contributed by atoms with van der Waals surface area (Å²) in [7, 11) is 0. The van der Waals surface area contributed by atoms with Gasteiger partial charge in [0.2, 0.25) is 0 Å². The number of ether oxygens (including phenoxy) is 1. The highest BCUT2D eigenvalue weighted by Gasteiger charge is 2.34. The van der Waals surface area contributed by atoms with Crippen molar-refractivity contribution in [3.63, 3.8) is 0 Å². The summed E-state index contributed by atoms with van der Waals surface area (Å²) >= 11 is 3.59. The van der Waals surface area contributed by atoms with E-state index in [2.05, 4.69) is 31.9 Å². The lowest BCUT2D eigenvalue weighted by Gasteiger charge is -2.28. The maximum Gasteiger partial charge on any atom is 0.292 e. The van der Waals surface area contributed by atoms with Crippen molar-refractivity contribution in [2.75, 3.05) is 18.9 Å². The lowest BCUT2D eigenvalue weighted by atomic mass is 10.0. The Morgan fingerprint density at radius 3 is 3.08 bits per heavy atom. The van der Waals surface area contributed by atoms with Crippen molar-refractivity contribution in [1.82, 2.24) is 9.88 Å². The van der Waals surface area contributed by atoms with Crippen molar-refractivity contribution in [3.05, 3.63) is 57.0 Å². The molecule has 0 radical (unpaired) electrons. The number of oxazole rings is 1. The number of nitrogen functional groups attached to an aromatic ring is 1. The van der Waals surface area contributed by atoms with Crippen LogP contribution < -0.4 is 5.73 Å². The molecule has 0 saturated carbocycles. The van der Waals surface area contributed by atoms with Crippen LogP contribution in [0, 0.1) is 6.92 Å². The Morgan fingerprint density at radius 1 is 1.32 bits per heavy atom. The molecule has 6 nitrogen and oxygen atoms in total. The zero-order chi connectivity index (χ0) is 17.1. The van der Waals surface area contributed by atoms with E-state index in [4.69, 9.17) is 19.9 Å². The fourth-order valence-corrected chi connectivity index (χ4v) is 4.07. The van der Waals surface area contributed by atoms with E-state index in [1.54, 1.807) is 6.26 Å². The Labute approximate surface area is 152 Å². The fourth-order valence-electron chi connectivity index (χ4n) is 3.64. The summed E-state index contributed by atoms with van der Waals surface area (Å²) < 4.78 is 12.0. The van der Waals surface area contributed by atoms with E-state index >= 15 is 0 Å². The van der Waals surface area contributed by atoms with E-state index in [0.29, 0.717) is 6.61 Å². The number of anilines is 1. The fraction of sp³-hybridized carbons (Fsp3) is 0.222. The van der Waals surface area contributed by atoms with Crippen LogP contribution in [0.25, 0.3) is 11.1 Å². The average Bonchev–Trinajstić information content (AvgIpc) is 3.13. The predicted molar refractivity (Wildman–Crippen MR) is 99.1 cm³/mol. The van der Waals surface area contributed by atoms with Gasteiger partial charge in [0.25, 0.3) is 6.01 Å². The first-order valence-corrected chi connectivity index (χ1v) is 8.83. The van der Waals surface area contributed by atoms with Gasteiger partial charge in [-0.05, 0) is 52.5 Å². The number of amidine groups is 1. The van der Waals surface area contributed by atoms with Gasteiger partial charge < -0.3 is 19.8 Å². The minimum Gasteiger partial charge on any atom is -0.496 e. The van der Waals surface area contributed by atoms with E-state index in [1.165, 1.54) is 11.3 Å². The second-order valence-electron chi connectivity index (χ2n) is 6.32. The number of rotatable bonds is 1. The van der Waals surface area contributed by atoms with E-state index in [1.807, 2.05) is 19.2 Å². The SMILES string of the molecule is Cc1cc(C2=NC=C3C(Br)=COCC4=C3N2CC4)cc2nc(N)oc12. The molecule has 0 bridgehead atoms. The highest BCUT2D eigenvalue weighted by molar-refractivity contribution is 9.12. The third-order valence-corrected chi connectivity index (χ3v) is 5.33. The monoisotopic (exact) mass is 398 g/mol. The van der Waals surface area contributed by atoms with Gasteiger partial charge in [0.05, 0.1) is 16.4 Å². The Hall–Kier alpha value is -2.54. The largest absolute Gasteiger partial charge is 0.496 e. The summed E-state index contributed by atoms with van der Waals surface area (Å²) in [5.41, 5.74) is 12.8. The smallest absolute Gasteiger partial charge is 0.292 e. The standard InChI is InChI=1S/C18H15BrN4O2/c1-9-4-11(5-14-16(9)25-18(20)22-14)17-21-6-12-13(19)8-24-7-10-2-3-23(17)15(10)12/h4-6,8H,2-3,7H2,1H3,(H2,20,22). The van der Waals surface area contributed by atoms with E-state index in [-0.39, 0.29) is 6.01 Å². The molecule has 0 saturated heterocycles. The normalized spacial score (nSPS) is 19.3. The zero-order valence-corrected chi connectivity index (χ0v) is 15.1. The maximum atomic E-state index is 5.71. The van der Waals surface area contributed by atoms with Gasteiger partial charge in [0, 0.05) is 23.9 Å². The van der Waals surface area contributed by atoms with Crippen LogP contribution in [0.2, 0.25) is 0 Å². The summed E-state index contributed by atoms with van der Waals surface area (Å²) in [6, 6.07) is 4.24. The second kappa shape index (κ2) is 5.23. The molecule has 5 rings (SSSR count). The molecular formula is C18H15BrN4O2. The van der Waals surface area contributed by atoms with Crippen molar-refractivity contribution in [1.29, 1.82) is 0 Å². The first kappa shape index (κ1) is 14.8. The van der Waals surface area contributed by atoms with Crippen molar-refractivity contribution in [2.24, 2.45) is 4.99 Å². The molecule has 0 unspecified atom stereocenters. The molecule has 25 heavy (non-hydrogen) atoms. The minimum atomic E-state index is 0.184. The Kier molecular flexibility index (Phi) is 3.09. The number of hydrogen-bond acceptors (Lipinski definition) is 6. The molecule has 0 atom stereocenters. The van der Waals surface area contributed by atoms with Gasteiger partial charge in [-0.3, -0.25) is 0 Å².